The molecule has 1 aliphatic rings. The molecule has 0 spiro atoms. The Hall–Kier alpha value is -1.35. The van der Waals surface area contributed by atoms with Crippen molar-refractivity contribution in [1.29, 1.82) is 0 Å². The highest BCUT2D eigenvalue weighted by Crippen LogP contribution is 2.45. The van der Waals surface area contributed by atoms with Crippen LogP contribution in [-0.2, 0) is 11.3 Å². The van der Waals surface area contributed by atoms with Gasteiger partial charge in [-0.25, -0.2) is 0 Å². The molecule has 3 nitrogen and oxygen atoms in total. The smallest absolute Gasteiger partial charge is 0.228 e. The number of benzene rings is 1. The molecule has 1 saturated carbocycles. The lowest BCUT2D eigenvalue weighted by Gasteiger charge is -2.13. The number of aliphatic hydroxyl groups excluding tert-OH is 1. The van der Waals surface area contributed by atoms with Gasteiger partial charge in [0.1, 0.15) is 0 Å². The molecule has 0 radical (unpaired) electrons. The fraction of sp³-hybridized carbons (Fsp3) is 0.500. The Morgan fingerprint density at radius 2 is 2.12 bits per heavy atom. The van der Waals surface area contributed by atoms with E-state index in [0.29, 0.717) is 6.54 Å². The monoisotopic (exact) mass is 233 g/mol. The number of hydrogen-bond donors (Lipinski definition) is 2. The molecule has 0 bridgehead atoms. The second-order valence-corrected chi connectivity index (χ2v) is 5.05. The molecule has 0 heterocycles. The predicted octanol–water partition coefficient (Wildman–Crippen LogP) is 1.69. The molecule has 0 aliphatic heterocycles. The van der Waals surface area contributed by atoms with Gasteiger partial charge in [-0.2, -0.15) is 0 Å². The summed E-state index contributed by atoms with van der Waals surface area (Å²) in [4.78, 5) is 11.9. The van der Waals surface area contributed by atoms with Crippen molar-refractivity contribution in [3.63, 3.8) is 0 Å². The van der Waals surface area contributed by atoms with Crippen molar-refractivity contribution in [2.75, 3.05) is 6.61 Å². The SMILES string of the molecule is Cc1ccc(C)c(CNC(=O)C2(CO)CC2)c1. The molecular weight excluding hydrogens is 214 g/mol. The normalized spacial score (nSPS) is 16.6. The molecule has 92 valence electrons. The first-order chi connectivity index (χ1) is 8.07. The number of nitrogens with one attached hydrogen (secondary N) is 1. The van der Waals surface area contributed by atoms with E-state index in [1.54, 1.807) is 0 Å². The molecule has 0 saturated heterocycles. The minimum absolute atomic E-state index is 0.0130. The van der Waals surface area contributed by atoms with Crippen LogP contribution in [0.4, 0.5) is 0 Å². The van der Waals surface area contributed by atoms with E-state index >= 15 is 0 Å². The van der Waals surface area contributed by atoms with E-state index in [-0.39, 0.29) is 12.5 Å². The molecule has 0 atom stereocenters. The number of aliphatic hydroxyl groups is 1. The maximum Gasteiger partial charge on any atom is 0.228 e. The summed E-state index contributed by atoms with van der Waals surface area (Å²) in [5, 5.41) is 12.1. The number of hydrogen-bond acceptors (Lipinski definition) is 2. The maximum atomic E-state index is 11.9. The zero-order chi connectivity index (χ0) is 12.5. The van der Waals surface area contributed by atoms with Gasteiger partial charge in [0.2, 0.25) is 5.91 Å². The van der Waals surface area contributed by atoms with Gasteiger partial charge < -0.3 is 10.4 Å². The summed E-state index contributed by atoms with van der Waals surface area (Å²) < 4.78 is 0. The van der Waals surface area contributed by atoms with Gasteiger partial charge in [0.15, 0.2) is 0 Å². The van der Waals surface area contributed by atoms with E-state index in [1.165, 1.54) is 11.1 Å². The summed E-state index contributed by atoms with van der Waals surface area (Å²) in [6.07, 6.45) is 1.62. The van der Waals surface area contributed by atoms with E-state index in [4.69, 9.17) is 5.11 Å². The third-order valence-corrected chi connectivity index (χ3v) is 3.58. The van der Waals surface area contributed by atoms with Crippen molar-refractivity contribution >= 4 is 5.91 Å². The first kappa shape index (κ1) is 12.1. The number of carbonyl (C=O) groups excluding carboxylic acids is 1. The third kappa shape index (κ3) is 2.50. The molecule has 1 amide bonds. The molecule has 1 aromatic rings. The Kier molecular flexibility index (Phi) is 3.20. The largest absolute Gasteiger partial charge is 0.395 e. The number of rotatable bonds is 4. The third-order valence-electron chi connectivity index (χ3n) is 3.58. The Labute approximate surface area is 102 Å². The lowest BCUT2D eigenvalue weighted by atomic mass is 10.0. The summed E-state index contributed by atoms with van der Waals surface area (Å²) in [7, 11) is 0. The molecule has 3 heteroatoms. The molecule has 17 heavy (non-hydrogen) atoms. The van der Waals surface area contributed by atoms with Crippen molar-refractivity contribution in [2.24, 2.45) is 5.41 Å². The summed E-state index contributed by atoms with van der Waals surface area (Å²) in [5.41, 5.74) is 3.05. The van der Waals surface area contributed by atoms with E-state index in [0.717, 1.165) is 18.4 Å². The number of carbonyl (C=O) groups is 1. The van der Waals surface area contributed by atoms with Crippen molar-refractivity contribution < 1.29 is 9.90 Å². The van der Waals surface area contributed by atoms with Gasteiger partial charge in [-0.3, -0.25) is 4.79 Å². The molecule has 1 fully saturated rings. The van der Waals surface area contributed by atoms with E-state index in [1.807, 2.05) is 13.8 Å². The van der Waals surface area contributed by atoms with Crippen LogP contribution in [0.2, 0.25) is 0 Å². The Balaban J connectivity index is 1.98. The van der Waals surface area contributed by atoms with Crippen LogP contribution in [0, 0.1) is 19.3 Å². The summed E-state index contributed by atoms with van der Waals surface area (Å²) in [6, 6.07) is 6.22. The molecule has 1 aromatic carbocycles. The van der Waals surface area contributed by atoms with Crippen molar-refractivity contribution in [3.05, 3.63) is 34.9 Å². The first-order valence-corrected chi connectivity index (χ1v) is 6.03. The van der Waals surface area contributed by atoms with Gasteiger partial charge >= 0.3 is 0 Å². The highest BCUT2D eigenvalue weighted by molar-refractivity contribution is 5.85. The van der Waals surface area contributed by atoms with Gasteiger partial charge in [0.05, 0.1) is 12.0 Å². The van der Waals surface area contributed by atoms with Gasteiger partial charge in [-0.1, -0.05) is 23.8 Å². The van der Waals surface area contributed by atoms with Crippen LogP contribution in [0.3, 0.4) is 0 Å². The average molecular weight is 233 g/mol. The second-order valence-electron chi connectivity index (χ2n) is 5.05. The fourth-order valence-corrected chi connectivity index (χ4v) is 1.96. The van der Waals surface area contributed by atoms with Crippen LogP contribution < -0.4 is 5.32 Å². The highest BCUT2D eigenvalue weighted by Gasteiger charge is 2.49. The lowest BCUT2D eigenvalue weighted by molar-refractivity contribution is -0.127. The molecule has 2 N–H and O–H groups in total. The van der Waals surface area contributed by atoms with Crippen LogP contribution in [0.15, 0.2) is 18.2 Å². The van der Waals surface area contributed by atoms with Crippen LogP contribution >= 0.6 is 0 Å². The zero-order valence-corrected chi connectivity index (χ0v) is 10.4. The van der Waals surface area contributed by atoms with Crippen LogP contribution in [0.5, 0.6) is 0 Å². The number of amides is 1. The minimum Gasteiger partial charge on any atom is -0.395 e. The standard InChI is InChI=1S/C14H19NO2/c1-10-3-4-11(2)12(7-10)8-15-13(17)14(9-16)5-6-14/h3-4,7,16H,5-6,8-9H2,1-2H3,(H,15,17). The summed E-state index contributed by atoms with van der Waals surface area (Å²) in [5.74, 6) is -0.0130. The van der Waals surface area contributed by atoms with Gasteiger partial charge in [0, 0.05) is 6.54 Å². The number of aryl methyl sites for hydroxylation is 2. The summed E-state index contributed by atoms with van der Waals surface area (Å²) >= 11 is 0. The van der Waals surface area contributed by atoms with Gasteiger partial charge in [-0.15, -0.1) is 0 Å². The predicted molar refractivity (Wildman–Crippen MR) is 66.5 cm³/mol. The summed E-state index contributed by atoms with van der Waals surface area (Å²) in [6.45, 7) is 4.60. The second kappa shape index (κ2) is 4.49. The van der Waals surface area contributed by atoms with Crippen LogP contribution in [0.1, 0.15) is 29.5 Å². The van der Waals surface area contributed by atoms with E-state index in [2.05, 4.69) is 23.5 Å². The molecule has 1 aliphatic carbocycles. The van der Waals surface area contributed by atoms with Crippen molar-refractivity contribution in [3.8, 4) is 0 Å². The van der Waals surface area contributed by atoms with Gasteiger partial charge in [0.25, 0.3) is 0 Å². The topological polar surface area (TPSA) is 49.3 Å². The fourth-order valence-electron chi connectivity index (χ4n) is 1.96. The van der Waals surface area contributed by atoms with Crippen LogP contribution in [-0.4, -0.2) is 17.6 Å². The lowest BCUT2D eigenvalue weighted by Crippen LogP contribution is -2.33. The van der Waals surface area contributed by atoms with Gasteiger partial charge in [-0.05, 0) is 37.8 Å². The molecule has 2 rings (SSSR count). The van der Waals surface area contributed by atoms with Crippen molar-refractivity contribution in [2.45, 2.75) is 33.2 Å². The zero-order valence-electron chi connectivity index (χ0n) is 10.4. The van der Waals surface area contributed by atoms with E-state index in [9.17, 15) is 4.79 Å². The minimum atomic E-state index is -0.474. The Morgan fingerprint density at radius 1 is 1.41 bits per heavy atom. The maximum absolute atomic E-state index is 11.9. The first-order valence-electron chi connectivity index (χ1n) is 6.03. The van der Waals surface area contributed by atoms with E-state index < -0.39 is 5.41 Å². The molecule has 0 unspecified atom stereocenters. The highest BCUT2D eigenvalue weighted by atomic mass is 16.3. The molecular formula is C14H19NO2. The van der Waals surface area contributed by atoms with Crippen molar-refractivity contribution in [1.82, 2.24) is 5.32 Å². The Morgan fingerprint density at radius 3 is 2.71 bits per heavy atom. The Bertz CT molecular complexity index is 436. The molecule has 0 aromatic heterocycles. The quantitative estimate of drug-likeness (QED) is 0.831. The average Bonchev–Trinajstić information content (AvgIpc) is 3.11. The van der Waals surface area contributed by atoms with Crippen LogP contribution in [0.25, 0.3) is 0 Å².